The molecule has 1 aromatic heterocycles. The van der Waals surface area contributed by atoms with Gasteiger partial charge in [0, 0.05) is 25.5 Å². The first-order valence-electron chi connectivity index (χ1n) is 8.25. The van der Waals surface area contributed by atoms with Crippen LogP contribution in [0.3, 0.4) is 0 Å². The Kier molecular flexibility index (Phi) is 4.00. The largest absolute Gasteiger partial charge is 0.322 e. The number of piperidine rings is 1. The molecule has 3 amide bonds. The third-order valence-electron chi connectivity index (χ3n) is 4.78. The van der Waals surface area contributed by atoms with Crippen molar-refractivity contribution in [3.8, 4) is 5.69 Å². The Balaban J connectivity index is 1.64. The molecule has 11 heteroatoms. The van der Waals surface area contributed by atoms with Crippen LogP contribution < -0.4 is 10.6 Å². The second-order valence-corrected chi connectivity index (χ2v) is 8.43. The summed E-state index contributed by atoms with van der Waals surface area (Å²) in [7, 11) is -4.04. The standard InChI is InChI=1S/C16H16FN5O4S/c17-12-9-11(3-4-13(12)22-8-2-6-18-22)27(25,26)21-7-1-5-16(10-21)14(23)19-15(24)20-16/h2-4,6,8-9H,1,5,7,10H2,(H2,19,20,23,24). The van der Waals surface area contributed by atoms with Crippen LogP contribution in [0.25, 0.3) is 5.69 Å². The van der Waals surface area contributed by atoms with Crippen molar-refractivity contribution in [1.82, 2.24) is 24.7 Å². The first-order chi connectivity index (χ1) is 12.8. The molecule has 3 heterocycles. The molecular weight excluding hydrogens is 377 g/mol. The number of amides is 3. The van der Waals surface area contributed by atoms with Crippen LogP contribution in [-0.4, -0.2) is 53.1 Å². The number of carbonyl (C=O) groups excluding carboxylic acids is 2. The van der Waals surface area contributed by atoms with E-state index in [1.165, 1.54) is 23.0 Å². The zero-order valence-electron chi connectivity index (χ0n) is 14.1. The summed E-state index contributed by atoms with van der Waals surface area (Å²) < 4.78 is 42.8. The van der Waals surface area contributed by atoms with Gasteiger partial charge in [0.25, 0.3) is 5.91 Å². The van der Waals surface area contributed by atoms with Crippen LogP contribution in [0.1, 0.15) is 12.8 Å². The fourth-order valence-corrected chi connectivity index (χ4v) is 4.98. The van der Waals surface area contributed by atoms with E-state index in [0.717, 1.165) is 10.4 Å². The first kappa shape index (κ1) is 17.6. The number of hydrogen-bond donors (Lipinski definition) is 2. The summed E-state index contributed by atoms with van der Waals surface area (Å²) in [6, 6.07) is 4.54. The maximum absolute atomic E-state index is 14.5. The molecule has 0 saturated carbocycles. The van der Waals surface area contributed by atoms with Crippen LogP contribution in [0.15, 0.2) is 41.6 Å². The maximum atomic E-state index is 14.5. The van der Waals surface area contributed by atoms with Gasteiger partial charge < -0.3 is 5.32 Å². The van der Waals surface area contributed by atoms with Crippen LogP contribution in [0, 0.1) is 5.82 Å². The second kappa shape index (κ2) is 6.13. The lowest BCUT2D eigenvalue weighted by molar-refractivity contribution is -0.125. The lowest BCUT2D eigenvalue weighted by Gasteiger charge is -2.37. The SMILES string of the molecule is O=C1NC(=O)C2(CCCN(S(=O)(=O)c3ccc(-n4cccn4)c(F)c3)C2)N1. The lowest BCUT2D eigenvalue weighted by Crippen LogP contribution is -2.59. The quantitative estimate of drug-likeness (QED) is 0.732. The lowest BCUT2D eigenvalue weighted by atomic mass is 9.90. The number of hydrogen-bond acceptors (Lipinski definition) is 5. The number of urea groups is 1. The zero-order valence-corrected chi connectivity index (χ0v) is 14.9. The summed E-state index contributed by atoms with van der Waals surface area (Å²) >= 11 is 0. The summed E-state index contributed by atoms with van der Waals surface area (Å²) in [4.78, 5) is 23.4. The van der Waals surface area contributed by atoms with Gasteiger partial charge in [-0.25, -0.2) is 22.3 Å². The molecule has 9 nitrogen and oxygen atoms in total. The molecule has 1 spiro atoms. The van der Waals surface area contributed by atoms with Gasteiger partial charge in [-0.15, -0.1) is 0 Å². The summed E-state index contributed by atoms with van der Waals surface area (Å²) in [6.07, 6.45) is 3.75. The van der Waals surface area contributed by atoms with Crippen LogP contribution in [0.5, 0.6) is 0 Å². The number of rotatable bonds is 3. The molecule has 0 bridgehead atoms. The van der Waals surface area contributed by atoms with Gasteiger partial charge in [0.1, 0.15) is 17.0 Å². The van der Waals surface area contributed by atoms with Gasteiger partial charge in [-0.2, -0.15) is 9.40 Å². The summed E-state index contributed by atoms with van der Waals surface area (Å²) in [5.74, 6) is -1.29. The van der Waals surface area contributed by atoms with E-state index in [9.17, 15) is 22.4 Å². The van der Waals surface area contributed by atoms with Gasteiger partial charge in [0.05, 0.1) is 4.90 Å². The van der Waals surface area contributed by atoms with Crippen LogP contribution in [0.2, 0.25) is 0 Å². The molecule has 2 N–H and O–H groups in total. The van der Waals surface area contributed by atoms with Gasteiger partial charge in [-0.05, 0) is 37.1 Å². The van der Waals surface area contributed by atoms with Gasteiger partial charge in [0.2, 0.25) is 10.0 Å². The smallest absolute Gasteiger partial charge is 0.322 e. The van der Waals surface area contributed by atoms with E-state index in [2.05, 4.69) is 15.7 Å². The zero-order chi connectivity index (χ0) is 19.2. The summed E-state index contributed by atoms with van der Waals surface area (Å²) in [6.45, 7) is -0.0226. The van der Waals surface area contributed by atoms with Crippen LogP contribution >= 0.6 is 0 Å². The number of aromatic nitrogens is 2. The van der Waals surface area contributed by atoms with E-state index in [0.29, 0.717) is 12.8 Å². The third kappa shape index (κ3) is 2.88. The Morgan fingerprint density at radius 1 is 1.26 bits per heavy atom. The van der Waals surface area contributed by atoms with Gasteiger partial charge in [-0.3, -0.25) is 10.1 Å². The predicted molar refractivity (Wildman–Crippen MR) is 90.9 cm³/mol. The predicted octanol–water partition coefficient (Wildman–Crippen LogP) is 0.374. The molecule has 1 unspecified atom stereocenters. The molecule has 1 aromatic carbocycles. The number of sulfonamides is 1. The van der Waals surface area contributed by atoms with Crippen molar-refractivity contribution < 1.29 is 22.4 Å². The maximum Gasteiger partial charge on any atom is 0.322 e. The minimum atomic E-state index is -4.04. The highest BCUT2D eigenvalue weighted by Crippen LogP contribution is 2.29. The van der Waals surface area contributed by atoms with Crippen molar-refractivity contribution in [2.45, 2.75) is 23.3 Å². The molecule has 2 saturated heterocycles. The molecule has 4 rings (SSSR count). The Morgan fingerprint density at radius 2 is 2.07 bits per heavy atom. The van der Waals surface area contributed by atoms with Crippen LogP contribution in [0.4, 0.5) is 9.18 Å². The van der Waals surface area contributed by atoms with E-state index >= 15 is 0 Å². The molecule has 2 fully saturated rings. The summed E-state index contributed by atoms with van der Waals surface area (Å²) in [5, 5.41) is 8.59. The van der Waals surface area contributed by atoms with E-state index in [1.54, 1.807) is 12.3 Å². The minimum absolute atomic E-state index is 0.122. The van der Waals surface area contributed by atoms with Crippen LogP contribution in [-0.2, 0) is 14.8 Å². The van der Waals surface area contributed by atoms with E-state index in [1.807, 2.05) is 0 Å². The molecule has 142 valence electrons. The molecular formula is C16H16FN5O4S. The third-order valence-corrected chi connectivity index (χ3v) is 6.62. The van der Waals surface area contributed by atoms with E-state index in [4.69, 9.17) is 0 Å². The van der Waals surface area contributed by atoms with Crippen molar-refractivity contribution >= 4 is 22.0 Å². The van der Waals surface area contributed by atoms with E-state index < -0.39 is 33.3 Å². The Hall–Kier alpha value is -2.79. The average molecular weight is 393 g/mol. The number of carbonyl (C=O) groups is 2. The normalized spacial score (nSPS) is 23.4. The Bertz CT molecular complexity index is 1020. The number of imide groups is 1. The molecule has 1 atom stereocenters. The highest BCUT2D eigenvalue weighted by molar-refractivity contribution is 7.89. The Labute approximate surface area is 154 Å². The Morgan fingerprint density at radius 3 is 2.70 bits per heavy atom. The van der Waals surface area contributed by atoms with Gasteiger partial charge in [-0.1, -0.05) is 0 Å². The van der Waals surface area contributed by atoms with E-state index in [-0.39, 0.29) is 23.7 Å². The number of nitrogens with one attached hydrogen (secondary N) is 2. The van der Waals surface area contributed by atoms with Crippen molar-refractivity contribution in [3.05, 3.63) is 42.5 Å². The highest BCUT2D eigenvalue weighted by Gasteiger charge is 2.50. The van der Waals surface area contributed by atoms with Crippen molar-refractivity contribution in [3.63, 3.8) is 0 Å². The van der Waals surface area contributed by atoms with Crippen molar-refractivity contribution in [2.24, 2.45) is 0 Å². The number of nitrogens with zero attached hydrogens (tertiary/aromatic N) is 3. The summed E-state index contributed by atoms with van der Waals surface area (Å²) in [5.41, 5.74) is -1.16. The van der Waals surface area contributed by atoms with Gasteiger partial charge in [0.15, 0.2) is 0 Å². The molecule has 2 aliphatic rings. The topological polar surface area (TPSA) is 113 Å². The average Bonchev–Trinajstić information content (AvgIpc) is 3.24. The highest BCUT2D eigenvalue weighted by atomic mass is 32.2. The van der Waals surface area contributed by atoms with Crippen molar-refractivity contribution in [1.29, 1.82) is 0 Å². The van der Waals surface area contributed by atoms with Crippen molar-refractivity contribution in [2.75, 3.05) is 13.1 Å². The fourth-order valence-electron chi connectivity index (χ4n) is 3.43. The molecule has 0 radical (unpaired) electrons. The number of halogens is 1. The fraction of sp³-hybridized carbons (Fsp3) is 0.312. The number of benzene rings is 1. The monoisotopic (exact) mass is 393 g/mol. The first-order valence-corrected chi connectivity index (χ1v) is 9.69. The molecule has 2 aliphatic heterocycles. The molecule has 2 aromatic rings. The second-order valence-electron chi connectivity index (χ2n) is 6.50. The minimum Gasteiger partial charge on any atom is -0.322 e. The molecule has 27 heavy (non-hydrogen) atoms. The van der Waals surface area contributed by atoms with Gasteiger partial charge >= 0.3 is 6.03 Å². The molecule has 0 aliphatic carbocycles.